The Morgan fingerprint density at radius 1 is 0.949 bits per heavy atom. The van der Waals surface area contributed by atoms with Gasteiger partial charge in [-0.05, 0) is 81.8 Å². The number of rotatable bonds is 12. The molecule has 8 nitrogen and oxygen atoms in total. The number of amides is 2. The highest BCUT2D eigenvalue weighted by Crippen LogP contribution is 2.27. The molecule has 3 aromatic rings. The van der Waals surface area contributed by atoms with Gasteiger partial charge in [0.15, 0.2) is 0 Å². The Labute approximate surface area is 235 Å². The smallest absolute Gasteiger partial charge is 0.264 e. The Morgan fingerprint density at radius 3 is 2.21 bits per heavy atom. The fourth-order valence-corrected chi connectivity index (χ4v) is 5.59. The van der Waals surface area contributed by atoms with Crippen molar-refractivity contribution in [2.24, 2.45) is 0 Å². The number of anilines is 1. The zero-order valence-electron chi connectivity index (χ0n) is 22.5. The number of nitrogens with one attached hydrogen (secondary N) is 1. The van der Waals surface area contributed by atoms with Gasteiger partial charge in [-0.15, -0.1) is 0 Å². The van der Waals surface area contributed by atoms with Crippen LogP contribution in [0.1, 0.15) is 33.3 Å². The zero-order valence-corrected chi connectivity index (χ0v) is 24.1. The minimum atomic E-state index is -4.13. The maximum Gasteiger partial charge on any atom is 0.264 e. The topological polar surface area (TPSA) is 96.0 Å². The second-order valence-corrected chi connectivity index (χ2v) is 11.5. The highest BCUT2D eigenvalue weighted by atomic mass is 35.5. The third-order valence-corrected chi connectivity index (χ3v) is 7.91. The maximum atomic E-state index is 13.9. The monoisotopic (exact) mass is 571 g/mol. The van der Waals surface area contributed by atoms with Gasteiger partial charge in [-0.3, -0.25) is 13.9 Å². The van der Waals surface area contributed by atoms with Crippen LogP contribution in [-0.4, -0.2) is 50.4 Å². The van der Waals surface area contributed by atoms with Gasteiger partial charge in [0.1, 0.15) is 18.3 Å². The molecule has 0 bridgehead atoms. The Morgan fingerprint density at radius 2 is 1.62 bits per heavy atom. The van der Waals surface area contributed by atoms with Crippen molar-refractivity contribution in [2.75, 3.05) is 17.5 Å². The quantitative estimate of drug-likeness (QED) is 0.334. The summed E-state index contributed by atoms with van der Waals surface area (Å²) < 4.78 is 34.1. The number of benzene rings is 3. The number of hydrogen-bond acceptors (Lipinski definition) is 5. The summed E-state index contributed by atoms with van der Waals surface area (Å²) in [5.74, 6) is -0.320. The van der Waals surface area contributed by atoms with Gasteiger partial charge in [0.25, 0.3) is 10.0 Å². The summed E-state index contributed by atoms with van der Waals surface area (Å²) >= 11 is 6.17. The van der Waals surface area contributed by atoms with Crippen LogP contribution in [0, 0.1) is 0 Å². The number of nitrogens with zero attached hydrogens (tertiary/aromatic N) is 2. The van der Waals surface area contributed by atoms with Crippen molar-refractivity contribution in [1.82, 2.24) is 10.2 Å². The molecule has 0 aliphatic rings. The molecule has 0 saturated carbocycles. The minimum Gasteiger partial charge on any atom is -0.494 e. The fraction of sp³-hybridized carbons (Fsp3) is 0.310. The third-order valence-electron chi connectivity index (χ3n) is 5.89. The lowest BCUT2D eigenvalue weighted by molar-refractivity contribution is -0.139. The second-order valence-electron chi connectivity index (χ2n) is 9.24. The zero-order chi connectivity index (χ0) is 28.6. The van der Waals surface area contributed by atoms with Gasteiger partial charge in [-0.25, -0.2) is 8.42 Å². The number of sulfonamides is 1. The molecule has 0 radical (unpaired) electrons. The number of ether oxygens (including phenoxy) is 1. The highest BCUT2D eigenvalue weighted by Gasteiger charge is 2.32. The molecular weight excluding hydrogens is 538 g/mol. The van der Waals surface area contributed by atoms with Crippen molar-refractivity contribution in [3.05, 3.63) is 89.4 Å². The van der Waals surface area contributed by atoms with Crippen LogP contribution in [0.3, 0.4) is 0 Å². The number of carbonyl (C=O) groups excluding carboxylic acids is 2. The fourth-order valence-electron chi connectivity index (χ4n) is 3.94. The SMILES string of the molecule is CCOc1ccc(N(CC(=O)N(Cc2cccc(Cl)c2)C(C)C(=O)NC(C)C)S(=O)(=O)c2ccccc2)cc1. The van der Waals surface area contributed by atoms with Crippen molar-refractivity contribution >= 4 is 39.1 Å². The molecule has 0 heterocycles. The second kappa shape index (κ2) is 13.5. The summed E-state index contributed by atoms with van der Waals surface area (Å²) in [7, 11) is -4.13. The predicted molar refractivity (Wildman–Crippen MR) is 153 cm³/mol. The number of carbonyl (C=O) groups is 2. The van der Waals surface area contributed by atoms with Gasteiger partial charge in [-0.1, -0.05) is 41.9 Å². The molecule has 3 aromatic carbocycles. The maximum absolute atomic E-state index is 13.9. The Hall–Kier alpha value is -3.56. The van der Waals surface area contributed by atoms with Gasteiger partial charge < -0.3 is 15.0 Å². The molecule has 10 heteroatoms. The van der Waals surface area contributed by atoms with Crippen LogP contribution < -0.4 is 14.4 Å². The molecule has 0 aromatic heterocycles. The molecule has 1 unspecified atom stereocenters. The summed E-state index contributed by atoms with van der Waals surface area (Å²) in [6.07, 6.45) is 0. The first-order valence-corrected chi connectivity index (χ1v) is 14.5. The largest absolute Gasteiger partial charge is 0.494 e. The van der Waals surface area contributed by atoms with Crippen LogP contribution >= 0.6 is 11.6 Å². The lowest BCUT2D eigenvalue weighted by atomic mass is 10.1. The van der Waals surface area contributed by atoms with Crippen molar-refractivity contribution < 1.29 is 22.7 Å². The molecule has 208 valence electrons. The molecule has 39 heavy (non-hydrogen) atoms. The van der Waals surface area contributed by atoms with E-state index in [1.54, 1.807) is 73.7 Å². The first kappa shape index (κ1) is 30.0. The third kappa shape index (κ3) is 7.97. The number of hydrogen-bond donors (Lipinski definition) is 1. The summed E-state index contributed by atoms with van der Waals surface area (Å²) in [5.41, 5.74) is 0.997. The van der Waals surface area contributed by atoms with Gasteiger partial charge in [0.05, 0.1) is 17.2 Å². The van der Waals surface area contributed by atoms with Crippen LogP contribution in [0.4, 0.5) is 5.69 Å². The summed E-state index contributed by atoms with van der Waals surface area (Å²) in [5, 5.41) is 3.32. The molecule has 0 aliphatic heterocycles. The van der Waals surface area contributed by atoms with E-state index < -0.39 is 28.5 Å². The summed E-state index contributed by atoms with van der Waals surface area (Å²) in [4.78, 5) is 28.2. The van der Waals surface area contributed by atoms with E-state index in [0.717, 1.165) is 4.31 Å². The highest BCUT2D eigenvalue weighted by molar-refractivity contribution is 7.92. The Kier molecular flexibility index (Phi) is 10.4. The average molecular weight is 572 g/mol. The van der Waals surface area contributed by atoms with Crippen molar-refractivity contribution in [2.45, 2.75) is 51.2 Å². The van der Waals surface area contributed by atoms with Crippen LogP contribution in [0.2, 0.25) is 5.02 Å². The van der Waals surface area contributed by atoms with E-state index in [1.165, 1.54) is 17.0 Å². The summed E-state index contributed by atoms with van der Waals surface area (Å²) in [6.45, 7) is 7.12. The average Bonchev–Trinajstić information content (AvgIpc) is 2.90. The van der Waals surface area contributed by atoms with E-state index in [0.29, 0.717) is 22.9 Å². The van der Waals surface area contributed by atoms with E-state index in [-0.39, 0.29) is 29.1 Å². The lowest BCUT2D eigenvalue weighted by Gasteiger charge is -2.32. The standard InChI is InChI=1S/C29H34ClN3O5S/c1-5-38-26-16-14-25(15-17-26)33(39(36,37)27-12-7-6-8-13-27)20-28(34)32(22(4)29(35)31-21(2)3)19-23-10-9-11-24(30)18-23/h6-18,21-22H,5,19-20H2,1-4H3,(H,31,35). The van der Waals surface area contributed by atoms with Crippen molar-refractivity contribution in [3.63, 3.8) is 0 Å². The number of halogens is 1. The molecule has 0 saturated heterocycles. The molecule has 2 amide bonds. The molecule has 0 spiro atoms. The first-order chi connectivity index (χ1) is 18.5. The van der Waals surface area contributed by atoms with Gasteiger partial charge >= 0.3 is 0 Å². The van der Waals surface area contributed by atoms with Gasteiger partial charge in [0.2, 0.25) is 11.8 Å². The molecule has 0 fully saturated rings. The molecule has 3 rings (SSSR count). The Balaban J connectivity index is 2.02. The summed E-state index contributed by atoms with van der Waals surface area (Å²) in [6, 6.07) is 20.4. The normalized spacial score (nSPS) is 12.1. The van der Waals surface area contributed by atoms with E-state index in [4.69, 9.17) is 16.3 Å². The molecular formula is C29H34ClN3O5S. The van der Waals surface area contributed by atoms with Gasteiger partial charge in [0, 0.05) is 17.6 Å². The molecule has 1 atom stereocenters. The molecule has 0 aliphatic carbocycles. The van der Waals surface area contributed by atoms with Crippen molar-refractivity contribution in [3.8, 4) is 5.75 Å². The lowest BCUT2D eigenvalue weighted by Crippen LogP contribution is -2.52. The van der Waals surface area contributed by atoms with E-state index in [9.17, 15) is 18.0 Å². The van der Waals surface area contributed by atoms with Crippen LogP contribution in [0.15, 0.2) is 83.8 Å². The van der Waals surface area contributed by atoms with Crippen LogP contribution in [0.25, 0.3) is 0 Å². The van der Waals surface area contributed by atoms with Crippen LogP contribution in [0.5, 0.6) is 5.75 Å². The van der Waals surface area contributed by atoms with Crippen LogP contribution in [-0.2, 0) is 26.2 Å². The van der Waals surface area contributed by atoms with E-state index >= 15 is 0 Å². The van der Waals surface area contributed by atoms with E-state index in [2.05, 4.69) is 5.32 Å². The van der Waals surface area contributed by atoms with Gasteiger partial charge in [-0.2, -0.15) is 0 Å². The van der Waals surface area contributed by atoms with E-state index in [1.807, 2.05) is 20.8 Å². The van der Waals surface area contributed by atoms with Crippen molar-refractivity contribution in [1.29, 1.82) is 0 Å². The Bertz CT molecular complexity index is 1370. The molecule has 1 N–H and O–H groups in total. The first-order valence-electron chi connectivity index (χ1n) is 12.7. The predicted octanol–water partition coefficient (Wildman–Crippen LogP) is 4.88. The minimum absolute atomic E-state index is 0.0404.